The van der Waals surface area contributed by atoms with Crippen molar-refractivity contribution < 1.29 is 22.3 Å². The zero-order valence-electron chi connectivity index (χ0n) is 18.3. The van der Waals surface area contributed by atoms with Crippen LogP contribution >= 0.6 is 0 Å². The van der Waals surface area contributed by atoms with Gasteiger partial charge in [0.05, 0.1) is 23.2 Å². The Hall–Kier alpha value is -2.45. The van der Waals surface area contributed by atoms with Crippen LogP contribution in [0.2, 0.25) is 0 Å². The van der Waals surface area contributed by atoms with Gasteiger partial charge in [0.25, 0.3) is 0 Å². The van der Waals surface area contributed by atoms with Gasteiger partial charge in [-0.15, -0.1) is 0 Å². The van der Waals surface area contributed by atoms with Gasteiger partial charge in [0.1, 0.15) is 5.60 Å². The number of hydrogen-bond donors (Lipinski definition) is 1. The molecular weight excluding hydrogens is 419 g/mol. The van der Waals surface area contributed by atoms with Crippen LogP contribution in [0.3, 0.4) is 0 Å². The first-order valence-corrected chi connectivity index (χ1v) is 11.9. The molecule has 1 saturated heterocycles. The smallest absolute Gasteiger partial charge is 0.410 e. The topological polar surface area (TPSA) is 75.7 Å². The molecule has 8 heteroatoms. The molecule has 6 nitrogen and oxygen atoms in total. The molecule has 1 fully saturated rings. The van der Waals surface area contributed by atoms with Crippen molar-refractivity contribution in [2.45, 2.75) is 56.3 Å². The van der Waals surface area contributed by atoms with Crippen molar-refractivity contribution >= 4 is 15.9 Å². The molecule has 2 unspecified atom stereocenters. The van der Waals surface area contributed by atoms with E-state index in [4.69, 9.17) is 4.74 Å². The number of nitrogens with one attached hydrogen (secondary N) is 1. The molecule has 31 heavy (non-hydrogen) atoms. The summed E-state index contributed by atoms with van der Waals surface area (Å²) in [4.78, 5) is 14.4. The standard InChI is InChI=1S/C23H29FN2O4S/c1-16-9-5-8-12-20(16)31(28,29)15-17-10-6-7-11-18(17)19-13-25-21(24)14-26(19)22(27)30-23(2,3)4/h5-12,19,21,25H,13-15H2,1-4H3. The highest BCUT2D eigenvalue weighted by molar-refractivity contribution is 7.90. The number of amides is 1. The molecule has 0 saturated carbocycles. The fourth-order valence-corrected chi connectivity index (χ4v) is 5.37. The normalized spacial score (nSPS) is 19.8. The molecule has 2 aromatic rings. The number of piperazine rings is 1. The van der Waals surface area contributed by atoms with E-state index in [1.807, 2.05) is 0 Å². The van der Waals surface area contributed by atoms with E-state index in [1.165, 1.54) is 4.90 Å². The molecule has 2 aromatic carbocycles. The summed E-state index contributed by atoms with van der Waals surface area (Å²) in [6.45, 7) is 6.98. The Bertz CT molecular complexity index is 1050. The van der Waals surface area contributed by atoms with Gasteiger partial charge >= 0.3 is 6.09 Å². The predicted octanol–water partition coefficient (Wildman–Crippen LogP) is 4.15. The summed E-state index contributed by atoms with van der Waals surface area (Å²) in [5.41, 5.74) is 1.18. The van der Waals surface area contributed by atoms with Gasteiger partial charge in [0.2, 0.25) is 0 Å². The number of carbonyl (C=O) groups excluding carboxylic acids is 1. The van der Waals surface area contributed by atoms with E-state index in [0.29, 0.717) is 16.7 Å². The van der Waals surface area contributed by atoms with Crippen LogP contribution in [0.25, 0.3) is 0 Å². The molecule has 0 aliphatic carbocycles. The van der Waals surface area contributed by atoms with Crippen molar-refractivity contribution in [3.05, 3.63) is 65.2 Å². The molecular formula is C23H29FN2O4S. The minimum absolute atomic E-state index is 0.155. The van der Waals surface area contributed by atoms with Gasteiger partial charge in [0, 0.05) is 6.54 Å². The summed E-state index contributed by atoms with van der Waals surface area (Å²) in [5.74, 6) is -0.217. The first-order valence-electron chi connectivity index (χ1n) is 10.2. The van der Waals surface area contributed by atoms with E-state index in [9.17, 15) is 17.6 Å². The number of rotatable bonds is 4. The quantitative estimate of drug-likeness (QED) is 0.712. The summed E-state index contributed by atoms with van der Waals surface area (Å²) in [5, 5.41) is 2.74. The number of aryl methyl sites for hydroxylation is 1. The lowest BCUT2D eigenvalue weighted by molar-refractivity contribution is -0.00256. The van der Waals surface area contributed by atoms with Crippen LogP contribution in [0, 0.1) is 6.92 Å². The molecule has 1 aliphatic rings. The van der Waals surface area contributed by atoms with Crippen LogP contribution in [0.1, 0.15) is 43.5 Å². The van der Waals surface area contributed by atoms with Crippen LogP contribution in [0.4, 0.5) is 9.18 Å². The number of benzene rings is 2. The lowest BCUT2D eigenvalue weighted by Gasteiger charge is -2.39. The largest absolute Gasteiger partial charge is 0.444 e. The van der Waals surface area contributed by atoms with Gasteiger partial charge in [-0.3, -0.25) is 10.2 Å². The Labute approximate surface area is 183 Å². The number of ether oxygens (including phenoxy) is 1. The molecule has 1 aliphatic heterocycles. The second-order valence-corrected chi connectivity index (χ2v) is 10.7. The number of halogens is 1. The number of nitrogens with zero attached hydrogens (tertiary/aromatic N) is 1. The number of carbonyl (C=O) groups is 1. The molecule has 0 bridgehead atoms. The highest BCUT2D eigenvalue weighted by Crippen LogP contribution is 2.31. The van der Waals surface area contributed by atoms with Crippen molar-refractivity contribution in [2.24, 2.45) is 0 Å². The molecule has 1 amide bonds. The molecule has 1 N–H and O–H groups in total. The summed E-state index contributed by atoms with van der Waals surface area (Å²) in [6.07, 6.45) is -2.01. The Kier molecular flexibility index (Phi) is 6.71. The van der Waals surface area contributed by atoms with Crippen molar-refractivity contribution in [3.63, 3.8) is 0 Å². The zero-order valence-corrected chi connectivity index (χ0v) is 19.1. The van der Waals surface area contributed by atoms with Gasteiger partial charge in [-0.2, -0.15) is 0 Å². The number of alkyl halides is 1. The van der Waals surface area contributed by atoms with Crippen molar-refractivity contribution in [2.75, 3.05) is 13.1 Å². The number of sulfone groups is 1. The third-order valence-electron chi connectivity index (χ3n) is 5.08. The molecule has 168 valence electrons. The van der Waals surface area contributed by atoms with Gasteiger partial charge < -0.3 is 4.74 Å². The van der Waals surface area contributed by atoms with Crippen LogP contribution in [0.5, 0.6) is 0 Å². The Morgan fingerprint density at radius 3 is 2.48 bits per heavy atom. The highest BCUT2D eigenvalue weighted by Gasteiger charge is 2.36. The molecule has 0 radical (unpaired) electrons. The third-order valence-corrected chi connectivity index (χ3v) is 6.90. The summed E-state index contributed by atoms with van der Waals surface area (Å²) < 4.78 is 45.8. The molecule has 2 atom stereocenters. The molecule has 0 spiro atoms. The van der Waals surface area contributed by atoms with E-state index >= 15 is 0 Å². The molecule has 1 heterocycles. The summed E-state index contributed by atoms with van der Waals surface area (Å²) >= 11 is 0. The maximum atomic E-state index is 14.1. The van der Waals surface area contributed by atoms with Gasteiger partial charge in [-0.1, -0.05) is 42.5 Å². The SMILES string of the molecule is Cc1ccccc1S(=O)(=O)Cc1ccccc1C1CNC(F)CN1C(=O)OC(C)(C)C. The predicted molar refractivity (Wildman–Crippen MR) is 117 cm³/mol. The fraction of sp³-hybridized carbons (Fsp3) is 0.435. The zero-order chi connectivity index (χ0) is 22.8. The minimum atomic E-state index is -3.61. The summed E-state index contributed by atoms with van der Waals surface area (Å²) in [7, 11) is -3.61. The lowest BCUT2D eigenvalue weighted by Crippen LogP contribution is -2.53. The first kappa shape index (κ1) is 23.2. The second-order valence-electron chi connectivity index (χ2n) is 8.75. The molecule has 3 rings (SSSR count). The first-order chi connectivity index (χ1) is 14.5. The Balaban J connectivity index is 1.96. The van der Waals surface area contributed by atoms with Crippen molar-refractivity contribution in [1.82, 2.24) is 10.2 Å². The fourth-order valence-electron chi connectivity index (χ4n) is 3.69. The highest BCUT2D eigenvalue weighted by atomic mass is 32.2. The van der Waals surface area contributed by atoms with E-state index in [1.54, 1.807) is 76.2 Å². The van der Waals surface area contributed by atoms with Gasteiger partial charge in [0.15, 0.2) is 16.1 Å². The second kappa shape index (κ2) is 8.96. The van der Waals surface area contributed by atoms with Crippen molar-refractivity contribution in [1.29, 1.82) is 0 Å². The minimum Gasteiger partial charge on any atom is -0.444 e. The number of hydrogen-bond acceptors (Lipinski definition) is 5. The van der Waals surface area contributed by atoms with Crippen molar-refractivity contribution in [3.8, 4) is 0 Å². The van der Waals surface area contributed by atoms with Crippen LogP contribution in [-0.2, 0) is 20.3 Å². The summed E-state index contributed by atoms with van der Waals surface area (Å²) in [6, 6.07) is 13.4. The van der Waals surface area contributed by atoms with E-state index in [-0.39, 0.29) is 23.7 Å². The lowest BCUT2D eigenvalue weighted by atomic mass is 9.98. The third kappa shape index (κ3) is 5.62. The average Bonchev–Trinajstić information content (AvgIpc) is 2.67. The van der Waals surface area contributed by atoms with E-state index < -0.39 is 33.9 Å². The van der Waals surface area contributed by atoms with Crippen LogP contribution < -0.4 is 5.32 Å². The average molecular weight is 449 g/mol. The van der Waals surface area contributed by atoms with E-state index in [0.717, 1.165) is 0 Å². The van der Waals surface area contributed by atoms with E-state index in [2.05, 4.69) is 5.32 Å². The van der Waals surface area contributed by atoms with Gasteiger partial charge in [-0.05, 0) is 50.5 Å². The van der Waals surface area contributed by atoms with Gasteiger partial charge in [-0.25, -0.2) is 17.6 Å². The monoisotopic (exact) mass is 448 g/mol. The Morgan fingerprint density at radius 2 is 1.81 bits per heavy atom. The molecule has 0 aromatic heterocycles. The Morgan fingerprint density at radius 1 is 1.16 bits per heavy atom. The van der Waals surface area contributed by atoms with Crippen LogP contribution in [0.15, 0.2) is 53.4 Å². The maximum Gasteiger partial charge on any atom is 0.410 e. The van der Waals surface area contributed by atoms with Crippen LogP contribution in [-0.4, -0.2) is 44.4 Å². The maximum absolute atomic E-state index is 14.1.